The number of halogens is 1. The van der Waals surface area contributed by atoms with Gasteiger partial charge < -0.3 is 9.84 Å². The van der Waals surface area contributed by atoms with Crippen LogP contribution in [0.5, 0.6) is 5.75 Å². The molecule has 0 saturated carbocycles. The van der Waals surface area contributed by atoms with Gasteiger partial charge in [-0.2, -0.15) is 0 Å². The smallest absolute Gasteiger partial charge is 0.411 e. The van der Waals surface area contributed by atoms with Crippen molar-refractivity contribution in [3.8, 4) is 5.75 Å². The molecule has 1 atom stereocenters. The van der Waals surface area contributed by atoms with E-state index in [9.17, 15) is 14.7 Å². The lowest BCUT2D eigenvalue weighted by Crippen LogP contribution is -2.28. The lowest BCUT2D eigenvalue weighted by atomic mass is 10.0. The maximum atomic E-state index is 11.5. The Labute approximate surface area is 136 Å². The number of carboxylic acid groups (broad SMARTS) is 1. The van der Waals surface area contributed by atoms with Crippen LogP contribution in [0.2, 0.25) is 0 Å². The third kappa shape index (κ3) is 2.32. The summed E-state index contributed by atoms with van der Waals surface area (Å²) in [6.07, 6.45) is -1.03. The van der Waals surface area contributed by atoms with Crippen molar-refractivity contribution in [2.75, 3.05) is 17.3 Å². The Balaban J connectivity index is 2.30. The van der Waals surface area contributed by atoms with Gasteiger partial charge >= 0.3 is 12.1 Å². The molecular weight excluding hydrogens is 326 g/mol. The van der Waals surface area contributed by atoms with E-state index in [4.69, 9.17) is 16.3 Å². The molecule has 22 heavy (non-hydrogen) atoms. The zero-order valence-electron chi connectivity index (χ0n) is 12.1. The average molecular weight is 340 g/mol. The molecule has 0 fully saturated rings. The molecule has 1 amide bonds. The molecule has 116 valence electrons. The van der Waals surface area contributed by atoms with E-state index in [2.05, 4.69) is 0 Å². The van der Waals surface area contributed by atoms with Gasteiger partial charge in [0, 0.05) is 51.9 Å². The third-order valence-corrected chi connectivity index (χ3v) is 5.14. The maximum absolute atomic E-state index is 11.5. The molecule has 0 unspecified atom stereocenters. The minimum Gasteiger partial charge on any atom is -0.465 e. The summed E-state index contributed by atoms with van der Waals surface area (Å²) in [7, 11) is 0. The highest BCUT2D eigenvalue weighted by molar-refractivity contribution is 7.19. The largest absolute Gasteiger partial charge is 0.465 e. The normalized spacial score (nSPS) is 16.9. The zero-order valence-corrected chi connectivity index (χ0v) is 13.6. The standard InChI is InChI=1S/C15H14ClNO4S/c1-7-3-10-12(21-8(2)18)4-11-13(14(10)22-7)9(5-16)6-17(11)15(19)20/h3-4,9H,5-6H2,1-2H3,(H,19,20)/t9-/m1/s1. The lowest BCUT2D eigenvalue weighted by Gasteiger charge is -2.14. The molecule has 1 N–H and O–H groups in total. The predicted molar refractivity (Wildman–Crippen MR) is 86.7 cm³/mol. The van der Waals surface area contributed by atoms with Crippen molar-refractivity contribution >= 4 is 50.8 Å². The van der Waals surface area contributed by atoms with E-state index >= 15 is 0 Å². The molecular formula is C15H14ClNO4S. The Morgan fingerprint density at radius 2 is 2.23 bits per heavy atom. The molecule has 0 bridgehead atoms. The molecule has 1 aliphatic heterocycles. The highest BCUT2D eigenvalue weighted by Crippen LogP contribution is 2.48. The van der Waals surface area contributed by atoms with Gasteiger partial charge in [-0.1, -0.05) is 0 Å². The number of aryl methyl sites for hydroxylation is 1. The van der Waals surface area contributed by atoms with Crippen LogP contribution in [0.15, 0.2) is 12.1 Å². The van der Waals surface area contributed by atoms with Gasteiger partial charge in [-0.25, -0.2) is 4.79 Å². The fourth-order valence-electron chi connectivity index (χ4n) is 2.87. The molecule has 2 aromatic rings. The average Bonchev–Trinajstić information content (AvgIpc) is 2.98. The highest BCUT2D eigenvalue weighted by Gasteiger charge is 2.35. The SMILES string of the molecule is CC(=O)Oc1cc2c(c3sc(C)cc13)[C@H](CCl)CN2C(=O)O. The van der Waals surface area contributed by atoms with Crippen molar-refractivity contribution in [2.45, 2.75) is 19.8 Å². The topological polar surface area (TPSA) is 66.8 Å². The van der Waals surface area contributed by atoms with Crippen molar-refractivity contribution in [3.63, 3.8) is 0 Å². The molecule has 5 nitrogen and oxygen atoms in total. The first-order valence-electron chi connectivity index (χ1n) is 6.74. The Bertz CT molecular complexity index is 785. The predicted octanol–water partition coefficient (Wildman–Crippen LogP) is 3.96. The Morgan fingerprint density at radius 3 is 2.82 bits per heavy atom. The fraction of sp³-hybridized carbons (Fsp3) is 0.333. The second-order valence-electron chi connectivity index (χ2n) is 5.25. The van der Waals surface area contributed by atoms with Crippen LogP contribution in [0.3, 0.4) is 0 Å². The van der Waals surface area contributed by atoms with Crippen LogP contribution in [0, 0.1) is 6.92 Å². The number of carbonyl (C=O) groups is 2. The van der Waals surface area contributed by atoms with Crippen LogP contribution in [-0.4, -0.2) is 29.6 Å². The van der Waals surface area contributed by atoms with E-state index in [-0.39, 0.29) is 5.92 Å². The number of thiophene rings is 1. The van der Waals surface area contributed by atoms with Crippen molar-refractivity contribution in [3.05, 3.63) is 22.6 Å². The van der Waals surface area contributed by atoms with Crippen LogP contribution < -0.4 is 9.64 Å². The lowest BCUT2D eigenvalue weighted by molar-refractivity contribution is -0.131. The molecule has 0 aliphatic carbocycles. The van der Waals surface area contributed by atoms with E-state index in [1.165, 1.54) is 11.8 Å². The van der Waals surface area contributed by atoms with Crippen LogP contribution in [0.1, 0.15) is 23.3 Å². The number of rotatable bonds is 2. The van der Waals surface area contributed by atoms with E-state index in [0.29, 0.717) is 23.9 Å². The Kier molecular flexibility index (Phi) is 3.74. The van der Waals surface area contributed by atoms with Crippen LogP contribution in [0.25, 0.3) is 10.1 Å². The summed E-state index contributed by atoms with van der Waals surface area (Å²) < 4.78 is 6.22. The van der Waals surface area contributed by atoms with E-state index < -0.39 is 12.1 Å². The van der Waals surface area contributed by atoms with E-state index in [0.717, 1.165) is 20.5 Å². The number of hydrogen-bond donors (Lipinski definition) is 1. The molecule has 0 saturated heterocycles. The summed E-state index contributed by atoms with van der Waals surface area (Å²) in [6.45, 7) is 3.62. The number of hydrogen-bond acceptors (Lipinski definition) is 4. The summed E-state index contributed by atoms with van der Waals surface area (Å²) in [5.41, 5.74) is 1.49. The van der Waals surface area contributed by atoms with Gasteiger partial charge in [0.05, 0.1) is 5.69 Å². The van der Waals surface area contributed by atoms with Crippen molar-refractivity contribution < 1.29 is 19.4 Å². The highest BCUT2D eigenvalue weighted by atomic mass is 35.5. The molecule has 0 radical (unpaired) electrons. The van der Waals surface area contributed by atoms with Gasteiger partial charge in [0.2, 0.25) is 0 Å². The number of amides is 1. The van der Waals surface area contributed by atoms with Gasteiger partial charge in [0.25, 0.3) is 0 Å². The summed E-state index contributed by atoms with van der Waals surface area (Å²) in [4.78, 5) is 25.1. The molecule has 1 aromatic heterocycles. The van der Waals surface area contributed by atoms with Gasteiger partial charge in [-0.05, 0) is 13.0 Å². The molecule has 0 spiro atoms. The second-order valence-corrected chi connectivity index (χ2v) is 6.81. The van der Waals surface area contributed by atoms with Crippen LogP contribution in [-0.2, 0) is 4.79 Å². The van der Waals surface area contributed by atoms with E-state index in [1.54, 1.807) is 17.4 Å². The van der Waals surface area contributed by atoms with Crippen molar-refractivity contribution in [1.29, 1.82) is 0 Å². The fourth-order valence-corrected chi connectivity index (χ4v) is 4.27. The third-order valence-electron chi connectivity index (χ3n) is 3.68. The number of esters is 1. The number of ether oxygens (including phenoxy) is 1. The zero-order chi connectivity index (χ0) is 16.0. The van der Waals surface area contributed by atoms with Gasteiger partial charge in [0.15, 0.2) is 0 Å². The molecule has 3 rings (SSSR count). The first kappa shape index (κ1) is 15.1. The quantitative estimate of drug-likeness (QED) is 0.511. The first-order valence-corrected chi connectivity index (χ1v) is 8.09. The summed E-state index contributed by atoms with van der Waals surface area (Å²) in [5, 5.41) is 10.2. The molecule has 7 heteroatoms. The van der Waals surface area contributed by atoms with Crippen LogP contribution >= 0.6 is 22.9 Å². The van der Waals surface area contributed by atoms with Gasteiger partial charge in [-0.15, -0.1) is 22.9 Å². The summed E-state index contributed by atoms with van der Waals surface area (Å²) in [5.74, 6) is 0.251. The monoisotopic (exact) mass is 339 g/mol. The van der Waals surface area contributed by atoms with Crippen LogP contribution in [0.4, 0.5) is 10.5 Å². The number of fused-ring (bicyclic) bond motifs is 3. The number of nitrogens with zero attached hydrogens (tertiary/aromatic N) is 1. The van der Waals surface area contributed by atoms with Gasteiger partial charge in [-0.3, -0.25) is 9.69 Å². The first-order chi connectivity index (χ1) is 10.4. The van der Waals surface area contributed by atoms with Gasteiger partial charge in [0.1, 0.15) is 5.75 Å². The second kappa shape index (κ2) is 5.44. The number of benzene rings is 1. The van der Waals surface area contributed by atoms with E-state index in [1.807, 2.05) is 13.0 Å². The number of carbonyl (C=O) groups excluding carboxylic acids is 1. The van der Waals surface area contributed by atoms with Crippen molar-refractivity contribution in [2.24, 2.45) is 0 Å². The Morgan fingerprint density at radius 1 is 1.50 bits per heavy atom. The molecule has 1 aliphatic rings. The minimum atomic E-state index is -1.03. The number of anilines is 1. The van der Waals surface area contributed by atoms with Crippen molar-refractivity contribution in [1.82, 2.24) is 0 Å². The minimum absolute atomic E-state index is 0.0558. The number of alkyl halides is 1. The summed E-state index contributed by atoms with van der Waals surface area (Å²) >= 11 is 7.60. The molecule has 1 aromatic carbocycles. The summed E-state index contributed by atoms with van der Waals surface area (Å²) in [6, 6.07) is 3.58. The maximum Gasteiger partial charge on any atom is 0.411 e. The molecule has 2 heterocycles. The Hall–Kier alpha value is -1.79.